The number of ether oxygens (including phenoxy) is 3. The summed E-state index contributed by atoms with van der Waals surface area (Å²) in [6.07, 6.45) is 3.91. The molecule has 1 aliphatic heterocycles. The first-order valence-electron chi connectivity index (χ1n) is 14.8. The Morgan fingerprint density at radius 3 is 2.57 bits per heavy atom. The molecule has 3 heterocycles. The highest BCUT2D eigenvalue weighted by Crippen LogP contribution is 2.36. The van der Waals surface area contributed by atoms with Gasteiger partial charge in [0.1, 0.15) is 0 Å². The Balaban J connectivity index is 1.51. The van der Waals surface area contributed by atoms with Crippen LogP contribution in [0.5, 0.6) is 11.5 Å². The van der Waals surface area contributed by atoms with Gasteiger partial charge in [-0.2, -0.15) is 0 Å². The zero-order valence-electron chi connectivity index (χ0n) is 25.7. The molecule has 236 valence electrons. The quantitative estimate of drug-likeness (QED) is 0.166. The first-order valence-corrected chi connectivity index (χ1v) is 16.3. The van der Waals surface area contributed by atoms with E-state index in [1.807, 2.05) is 61.7 Å². The number of hydrogen-bond acceptors (Lipinski definition) is 7. The third kappa shape index (κ3) is 5.86. The maximum absolute atomic E-state index is 14.3. The van der Waals surface area contributed by atoms with Crippen molar-refractivity contribution in [2.24, 2.45) is 4.99 Å². The van der Waals surface area contributed by atoms with Gasteiger partial charge in [-0.1, -0.05) is 64.9 Å². The van der Waals surface area contributed by atoms with Crippen LogP contribution in [0.1, 0.15) is 43.5 Å². The molecular weight excluding hydrogens is 645 g/mol. The molecule has 3 aromatic carbocycles. The SMILES string of the molecule is CCOC(=O)C1=C(C)N=c2s/c(=C/c3cn(Cc4ccc(Cl)c(Cl)c4)c4ccccc34)c(=O)n2C1c1ccc(OC)c(OCC)c1. The average molecular weight is 677 g/mol. The summed E-state index contributed by atoms with van der Waals surface area (Å²) in [6.45, 7) is 6.56. The van der Waals surface area contributed by atoms with Gasteiger partial charge in [-0.25, -0.2) is 9.79 Å². The highest BCUT2D eigenvalue weighted by atomic mass is 35.5. The zero-order chi connectivity index (χ0) is 32.5. The number of aromatic nitrogens is 2. The molecule has 6 rings (SSSR count). The van der Waals surface area contributed by atoms with Gasteiger partial charge in [0.05, 0.1) is 52.2 Å². The fraction of sp³-hybridized carbons (Fsp3) is 0.229. The van der Waals surface area contributed by atoms with Gasteiger partial charge in [0.25, 0.3) is 5.56 Å². The zero-order valence-corrected chi connectivity index (χ0v) is 28.0. The van der Waals surface area contributed by atoms with Crippen molar-refractivity contribution < 1.29 is 19.0 Å². The summed E-state index contributed by atoms with van der Waals surface area (Å²) in [4.78, 5) is 32.8. The van der Waals surface area contributed by atoms with Gasteiger partial charge in [-0.3, -0.25) is 9.36 Å². The molecule has 0 spiro atoms. The van der Waals surface area contributed by atoms with Crippen LogP contribution in [0.3, 0.4) is 0 Å². The number of hydrogen-bond donors (Lipinski definition) is 0. The van der Waals surface area contributed by atoms with Crippen LogP contribution < -0.4 is 24.4 Å². The second kappa shape index (κ2) is 13.2. The normalized spacial score (nSPS) is 14.7. The molecule has 0 saturated carbocycles. The van der Waals surface area contributed by atoms with Gasteiger partial charge in [0.15, 0.2) is 16.3 Å². The molecule has 0 N–H and O–H groups in total. The number of para-hydroxylation sites is 1. The van der Waals surface area contributed by atoms with Crippen molar-refractivity contribution in [3.05, 3.63) is 125 Å². The lowest BCUT2D eigenvalue weighted by Crippen LogP contribution is -2.40. The summed E-state index contributed by atoms with van der Waals surface area (Å²) < 4.78 is 21.0. The van der Waals surface area contributed by atoms with Crippen molar-refractivity contribution in [2.75, 3.05) is 20.3 Å². The van der Waals surface area contributed by atoms with Crippen molar-refractivity contribution >= 4 is 57.5 Å². The Morgan fingerprint density at radius 1 is 1.02 bits per heavy atom. The molecule has 46 heavy (non-hydrogen) atoms. The average Bonchev–Trinajstić information content (AvgIpc) is 3.54. The Morgan fingerprint density at radius 2 is 1.83 bits per heavy atom. The third-order valence-corrected chi connectivity index (χ3v) is 9.49. The van der Waals surface area contributed by atoms with Gasteiger partial charge >= 0.3 is 5.97 Å². The van der Waals surface area contributed by atoms with Gasteiger partial charge in [0.2, 0.25) is 0 Å². The van der Waals surface area contributed by atoms with Gasteiger partial charge in [0, 0.05) is 29.2 Å². The first-order chi connectivity index (χ1) is 22.2. The number of methoxy groups -OCH3 is 1. The number of benzene rings is 3. The summed E-state index contributed by atoms with van der Waals surface area (Å²) >= 11 is 13.7. The molecule has 11 heteroatoms. The minimum atomic E-state index is -0.779. The number of esters is 1. The number of fused-ring (bicyclic) bond motifs is 2. The van der Waals surface area contributed by atoms with Crippen molar-refractivity contribution in [2.45, 2.75) is 33.4 Å². The molecule has 0 amide bonds. The maximum atomic E-state index is 14.3. The molecule has 0 bridgehead atoms. The molecule has 0 radical (unpaired) electrons. The summed E-state index contributed by atoms with van der Waals surface area (Å²) in [5.74, 6) is 0.535. The van der Waals surface area contributed by atoms with Crippen LogP contribution in [-0.2, 0) is 16.1 Å². The number of rotatable bonds is 9. The molecule has 0 fully saturated rings. The summed E-state index contributed by atoms with van der Waals surface area (Å²) in [6, 6.07) is 18.2. The lowest BCUT2D eigenvalue weighted by molar-refractivity contribution is -0.139. The van der Waals surface area contributed by atoms with Crippen LogP contribution in [-0.4, -0.2) is 35.4 Å². The molecule has 0 saturated heterocycles. The van der Waals surface area contributed by atoms with Crippen LogP contribution in [0.25, 0.3) is 17.0 Å². The largest absolute Gasteiger partial charge is 0.493 e. The third-order valence-electron chi connectivity index (χ3n) is 7.76. The van der Waals surface area contributed by atoms with E-state index in [9.17, 15) is 9.59 Å². The Labute approximate surface area is 279 Å². The highest BCUT2D eigenvalue weighted by molar-refractivity contribution is 7.07. The van der Waals surface area contributed by atoms with E-state index < -0.39 is 12.0 Å². The standard InChI is InChI=1S/C35H31Cl2N3O5S/c1-5-44-29-16-22(12-14-28(29)43-4)32-31(34(42)45-6-2)20(3)38-35-40(32)33(41)30(46-35)17-23-19-39(27-10-8-7-9-24(23)27)18-21-11-13-25(36)26(37)15-21/h7-17,19,32H,5-6,18H2,1-4H3/b30-17+. The monoisotopic (exact) mass is 675 g/mol. The van der Waals surface area contributed by atoms with E-state index in [0.29, 0.717) is 60.9 Å². The van der Waals surface area contributed by atoms with Crippen LogP contribution in [0.4, 0.5) is 0 Å². The van der Waals surface area contributed by atoms with Crippen LogP contribution >= 0.6 is 34.5 Å². The fourth-order valence-electron chi connectivity index (χ4n) is 5.74. The maximum Gasteiger partial charge on any atom is 0.338 e. The number of carbonyl (C=O) groups is 1. The highest BCUT2D eigenvalue weighted by Gasteiger charge is 2.34. The smallest absolute Gasteiger partial charge is 0.338 e. The van der Waals surface area contributed by atoms with Gasteiger partial charge in [-0.15, -0.1) is 0 Å². The molecule has 2 aromatic heterocycles. The lowest BCUT2D eigenvalue weighted by Gasteiger charge is -2.25. The summed E-state index contributed by atoms with van der Waals surface area (Å²) in [5.41, 5.74) is 4.07. The van der Waals surface area contributed by atoms with Gasteiger partial charge in [-0.05, 0) is 68.3 Å². The lowest BCUT2D eigenvalue weighted by atomic mass is 9.95. The van der Waals surface area contributed by atoms with Crippen molar-refractivity contribution in [3.8, 4) is 11.5 Å². The van der Waals surface area contributed by atoms with E-state index >= 15 is 0 Å². The molecule has 1 atom stereocenters. The minimum absolute atomic E-state index is 0.186. The van der Waals surface area contributed by atoms with Crippen LogP contribution in [0.15, 0.2) is 87.9 Å². The van der Waals surface area contributed by atoms with E-state index in [4.69, 9.17) is 42.4 Å². The number of nitrogens with zero attached hydrogens (tertiary/aromatic N) is 3. The number of allylic oxidation sites excluding steroid dienone is 1. The summed E-state index contributed by atoms with van der Waals surface area (Å²) in [7, 11) is 1.57. The van der Waals surface area contributed by atoms with Crippen molar-refractivity contribution in [3.63, 3.8) is 0 Å². The van der Waals surface area contributed by atoms with E-state index in [-0.39, 0.29) is 12.2 Å². The van der Waals surface area contributed by atoms with Crippen molar-refractivity contribution in [1.82, 2.24) is 9.13 Å². The molecule has 1 unspecified atom stereocenters. The fourth-order valence-corrected chi connectivity index (χ4v) is 7.09. The minimum Gasteiger partial charge on any atom is -0.493 e. The Kier molecular flexibility index (Phi) is 9.08. The molecule has 5 aromatic rings. The van der Waals surface area contributed by atoms with E-state index in [0.717, 1.165) is 22.0 Å². The molecule has 0 aliphatic carbocycles. The van der Waals surface area contributed by atoms with Crippen molar-refractivity contribution in [1.29, 1.82) is 0 Å². The molecule has 8 nitrogen and oxygen atoms in total. The van der Waals surface area contributed by atoms with E-state index in [1.165, 1.54) is 11.3 Å². The second-order valence-electron chi connectivity index (χ2n) is 10.6. The molecular formula is C35H31Cl2N3O5S. The van der Waals surface area contributed by atoms with Gasteiger partial charge < -0.3 is 18.8 Å². The Bertz CT molecular complexity index is 2200. The molecule has 1 aliphatic rings. The summed E-state index contributed by atoms with van der Waals surface area (Å²) in [5, 5.41) is 1.99. The topological polar surface area (TPSA) is 84.1 Å². The first kappa shape index (κ1) is 31.7. The number of thiazole rings is 1. The second-order valence-corrected chi connectivity index (χ2v) is 12.4. The number of halogens is 2. The van der Waals surface area contributed by atoms with Crippen LogP contribution in [0.2, 0.25) is 10.0 Å². The predicted octanol–water partition coefficient (Wildman–Crippen LogP) is 6.52. The Hall–Kier alpha value is -4.31. The number of carbonyl (C=O) groups excluding carboxylic acids is 1. The van der Waals surface area contributed by atoms with E-state index in [2.05, 4.69) is 4.57 Å². The van der Waals surface area contributed by atoms with Crippen LogP contribution in [0, 0.1) is 0 Å². The van der Waals surface area contributed by atoms with E-state index in [1.54, 1.807) is 43.7 Å². The predicted molar refractivity (Wildman–Crippen MR) is 182 cm³/mol.